The van der Waals surface area contributed by atoms with Gasteiger partial charge in [0.15, 0.2) is 0 Å². The summed E-state index contributed by atoms with van der Waals surface area (Å²) in [7, 11) is 0. The van der Waals surface area contributed by atoms with Crippen molar-refractivity contribution in [1.82, 2.24) is 0 Å². The van der Waals surface area contributed by atoms with E-state index in [9.17, 15) is 0 Å². The first-order chi connectivity index (χ1) is 26.8. The van der Waals surface area contributed by atoms with Crippen molar-refractivity contribution >= 4 is 82.5 Å². The van der Waals surface area contributed by atoms with Gasteiger partial charge in [-0.15, -0.1) is 0 Å². The summed E-state index contributed by atoms with van der Waals surface area (Å²) >= 11 is 0. The fourth-order valence-electron chi connectivity index (χ4n) is 8.62. The Hall–Kier alpha value is -7.10. The molecule has 11 rings (SSSR count). The molecule has 1 atom stereocenters. The van der Waals surface area contributed by atoms with Gasteiger partial charge in [-0.2, -0.15) is 0 Å². The standard InChI is InChI=1S/C51H33NO2/c1-3-16-35(17-4-1)52(36-18-5-2-6-19-36)45-26-14-28-48-50(45)42-25-13-24-41(51(42)54-48)49(34-29-30-47-43(32-34)40-23-11-12-27-46(40)53-47)44-31-33-15-7-8-20-37(33)38-21-9-10-22-39(38)44/h1-32,49H. The van der Waals surface area contributed by atoms with Crippen molar-refractivity contribution in [2.24, 2.45) is 0 Å². The van der Waals surface area contributed by atoms with Crippen LogP contribution in [0.15, 0.2) is 203 Å². The molecule has 3 nitrogen and oxygen atoms in total. The fraction of sp³-hybridized carbons (Fsp3) is 0.0196. The van der Waals surface area contributed by atoms with E-state index in [0.717, 1.165) is 66.5 Å². The number of furan rings is 2. The lowest BCUT2D eigenvalue weighted by Crippen LogP contribution is -2.10. The summed E-state index contributed by atoms with van der Waals surface area (Å²) in [4.78, 5) is 2.33. The molecule has 0 bridgehead atoms. The number of anilines is 3. The minimum atomic E-state index is -0.148. The number of hydrogen-bond donors (Lipinski definition) is 0. The minimum absolute atomic E-state index is 0.148. The molecule has 0 fully saturated rings. The van der Waals surface area contributed by atoms with Gasteiger partial charge in [-0.3, -0.25) is 0 Å². The first-order valence-electron chi connectivity index (χ1n) is 18.5. The number of hydrogen-bond acceptors (Lipinski definition) is 3. The summed E-state index contributed by atoms with van der Waals surface area (Å²) in [5.74, 6) is -0.148. The van der Waals surface area contributed by atoms with Crippen molar-refractivity contribution in [2.45, 2.75) is 5.92 Å². The summed E-state index contributed by atoms with van der Waals surface area (Å²) in [5, 5.41) is 9.33. The summed E-state index contributed by atoms with van der Waals surface area (Å²) < 4.78 is 13.4. The molecule has 0 saturated heterocycles. The Bertz CT molecular complexity index is 3140. The molecular weight excluding hydrogens is 659 g/mol. The Morgan fingerprint density at radius 3 is 1.78 bits per heavy atom. The van der Waals surface area contributed by atoms with Gasteiger partial charge < -0.3 is 13.7 Å². The van der Waals surface area contributed by atoms with Crippen LogP contribution >= 0.6 is 0 Å². The third-order valence-electron chi connectivity index (χ3n) is 11.0. The quantitative estimate of drug-likeness (QED) is 0.128. The van der Waals surface area contributed by atoms with Gasteiger partial charge in [0, 0.05) is 39.0 Å². The lowest BCUT2D eigenvalue weighted by atomic mass is 9.80. The maximum Gasteiger partial charge on any atom is 0.139 e. The molecule has 2 heterocycles. The second-order valence-corrected chi connectivity index (χ2v) is 14.0. The zero-order valence-electron chi connectivity index (χ0n) is 29.3. The van der Waals surface area contributed by atoms with E-state index in [0.29, 0.717) is 0 Å². The maximum absolute atomic E-state index is 7.07. The van der Waals surface area contributed by atoms with E-state index in [1.165, 1.54) is 32.7 Å². The van der Waals surface area contributed by atoms with Gasteiger partial charge in [-0.1, -0.05) is 133 Å². The molecule has 3 heteroatoms. The number of para-hydroxylation sites is 4. The molecule has 11 aromatic rings. The van der Waals surface area contributed by atoms with Crippen molar-refractivity contribution in [3.05, 3.63) is 211 Å². The van der Waals surface area contributed by atoms with Crippen molar-refractivity contribution in [3.8, 4) is 0 Å². The molecule has 0 aliphatic heterocycles. The highest BCUT2D eigenvalue weighted by Crippen LogP contribution is 2.47. The molecular formula is C51H33NO2. The van der Waals surface area contributed by atoms with Crippen LogP contribution in [0.3, 0.4) is 0 Å². The molecule has 0 aliphatic carbocycles. The van der Waals surface area contributed by atoms with Gasteiger partial charge in [-0.25, -0.2) is 0 Å². The zero-order chi connectivity index (χ0) is 35.6. The Labute approximate surface area is 311 Å². The lowest BCUT2D eigenvalue weighted by Gasteiger charge is -2.26. The Balaban J connectivity index is 1.22. The van der Waals surface area contributed by atoms with Gasteiger partial charge in [-0.05, 0) is 93.3 Å². The topological polar surface area (TPSA) is 29.5 Å². The summed E-state index contributed by atoms with van der Waals surface area (Å²) in [6, 6.07) is 69.1. The molecule has 2 aromatic heterocycles. The molecule has 0 amide bonds. The van der Waals surface area contributed by atoms with Crippen LogP contribution in [0, 0.1) is 0 Å². The monoisotopic (exact) mass is 691 g/mol. The van der Waals surface area contributed by atoms with Crippen LogP contribution in [0.1, 0.15) is 22.6 Å². The summed E-state index contributed by atoms with van der Waals surface area (Å²) in [6.07, 6.45) is 0. The normalized spacial score (nSPS) is 12.4. The minimum Gasteiger partial charge on any atom is -0.456 e. The van der Waals surface area contributed by atoms with Crippen molar-refractivity contribution < 1.29 is 8.83 Å². The second-order valence-electron chi connectivity index (χ2n) is 14.0. The molecule has 0 radical (unpaired) electrons. The van der Waals surface area contributed by atoms with E-state index in [-0.39, 0.29) is 5.92 Å². The summed E-state index contributed by atoms with van der Waals surface area (Å²) in [6.45, 7) is 0. The van der Waals surface area contributed by atoms with Crippen LogP contribution in [0.5, 0.6) is 0 Å². The first-order valence-corrected chi connectivity index (χ1v) is 18.5. The SMILES string of the molecule is c1ccc(N(c2ccccc2)c2cccc3oc4c(C(c5ccc6oc7ccccc7c6c5)c5cc6ccccc6c6ccccc56)cccc4c23)cc1. The van der Waals surface area contributed by atoms with Gasteiger partial charge >= 0.3 is 0 Å². The van der Waals surface area contributed by atoms with Gasteiger partial charge in [0.25, 0.3) is 0 Å². The highest BCUT2D eigenvalue weighted by atomic mass is 16.3. The van der Waals surface area contributed by atoms with Crippen molar-refractivity contribution in [3.63, 3.8) is 0 Å². The largest absolute Gasteiger partial charge is 0.456 e. The second kappa shape index (κ2) is 12.3. The number of nitrogens with zero attached hydrogens (tertiary/aromatic N) is 1. The number of fused-ring (bicyclic) bond motifs is 9. The van der Waals surface area contributed by atoms with E-state index >= 15 is 0 Å². The van der Waals surface area contributed by atoms with E-state index in [1.807, 2.05) is 12.1 Å². The molecule has 0 saturated carbocycles. The Morgan fingerprint density at radius 1 is 0.370 bits per heavy atom. The molecule has 1 unspecified atom stereocenters. The van der Waals surface area contributed by atoms with Crippen molar-refractivity contribution in [1.29, 1.82) is 0 Å². The molecule has 54 heavy (non-hydrogen) atoms. The molecule has 9 aromatic carbocycles. The van der Waals surface area contributed by atoms with E-state index in [4.69, 9.17) is 8.83 Å². The number of benzene rings is 9. The van der Waals surface area contributed by atoms with Crippen LogP contribution in [0.4, 0.5) is 17.1 Å². The first kappa shape index (κ1) is 30.5. The van der Waals surface area contributed by atoms with Crippen LogP contribution < -0.4 is 4.90 Å². The third kappa shape index (κ3) is 4.76. The van der Waals surface area contributed by atoms with Gasteiger partial charge in [0.2, 0.25) is 0 Å². The highest BCUT2D eigenvalue weighted by Gasteiger charge is 2.27. The average Bonchev–Trinajstić information content (AvgIpc) is 3.81. The fourth-order valence-corrected chi connectivity index (χ4v) is 8.62. The summed E-state index contributed by atoms with van der Waals surface area (Å²) in [5.41, 5.74) is 10.3. The third-order valence-corrected chi connectivity index (χ3v) is 11.0. The lowest BCUT2D eigenvalue weighted by molar-refractivity contribution is 0.661. The van der Waals surface area contributed by atoms with Crippen LogP contribution in [0.2, 0.25) is 0 Å². The average molecular weight is 692 g/mol. The van der Waals surface area contributed by atoms with E-state index in [1.54, 1.807) is 0 Å². The molecule has 0 aliphatic rings. The molecule has 0 spiro atoms. The van der Waals surface area contributed by atoms with Crippen molar-refractivity contribution in [2.75, 3.05) is 4.90 Å². The van der Waals surface area contributed by atoms with E-state index < -0.39 is 0 Å². The van der Waals surface area contributed by atoms with Crippen LogP contribution in [-0.2, 0) is 0 Å². The Morgan fingerprint density at radius 2 is 0.981 bits per heavy atom. The molecule has 254 valence electrons. The Kier molecular flexibility index (Phi) is 6.93. The van der Waals surface area contributed by atoms with Gasteiger partial charge in [0.05, 0.1) is 11.1 Å². The maximum atomic E-state index is 7.07. The smallest absolute Gasteiger partial charge is 0.139 e. The predicted molar refractivity (Wildman–Crippen MR) is 225 cm³/mol. The molecule has 0 N–H and O–H groups in total. The zero-order valence-corrected chi connectivity index (χ0v) is 29.3. The highest BCUT2D eigenvalue weighted by molar-refractivity contribution is 6.15. The van der Waals surface area contributed by atoms with Gasteiger partial charge in [0.1, 0.15) is 22.3 Å². The number of rotatable bonds is 6. The van der Waals surface area contributed by atoms with Crippen LogP contribution in [0.25, 0.3) is 65.4 Å². The predicted octanol–water partition coefficient (Wildman–Crippen LogP) is 14.4. The van der Waals surface area contributed by atoms with Crippen LogP contribution in [-0.4, -0.2) is 0 Å². The van der Waals surface area contributed by atoms with E-state index in [2.05, 4.69) is 187 Å².